The minimum Gasteiger partial charge on any atom is -0.496 e. The van der Waals surface area contributed by atoms with Gasteiger partial charge in [-0.25, -0.2) is 0 Å². The number of aliphatic hydroxyl groups excluding tert-OH is 1. The third-order valence-corrected chi connectivity index (χ3v) is 9.26. The average molecular weight is 645 g/mol. The summed E-state index contributed by atoms with van der Waals surface area (Å²) in [5, 5.41) is 10.5. The summed E-state index contributed by atoms with van der Waals surface area (Å²) in [4.78, 5) is 4.61. The Balaban J connectivity index is 1.55. The number of fused-ring (bicyclic) bond motifs is 2. The highest BCUT2D eigenvalue weighted by Crippen LogP contribution is 2.52. The van der Waals surface area contributed by atoms with Gasteiger partial charge in [0.1, 0.15) is 28.7 Å². The van der Waals surface area contributed by atoms with Crippen molar-refractivity contribution >= 4 is 11.4 Å². The number of aliphatic hydroxyl groups is 1. The van der Waals surface area contributed by atoms with Gasteiger partial charge < -0.3 is 33.9 Å². The maximum atomic E-state index is 10.5. The first-order valence-electron chi connectivity index (χ1n) is 16.5. The summed E-state index contributed by atoms with van der Waals surface area (Å²) >= 11 is 0. The summed E-state index contributed by atoms with van der Waals surface area (Å²) in [7, 11) is 5.10. The normalized spacial score (nSPS) is 13.2. The SMILES string of the molecule is CCN(CC)c1ccc2c(c1)Oc1cc(OC)c(N(Cc3ccccc3OC)Cc3ccccc3OC)cc1C2c1ccccc1CO. The minimum atomic E-state index is -0.179. The van der Waals surface area contributed by atoms with Crippen molar-refractivity contribution in [1.82, 2.24) is 0 Å². The second kappa shape index (κ2) is 14.7. The van der Waals surface area contributed by atoms with Crippen LogP contribution in [-0.2, 0) is 19.7 Å². The molecule has 1 aliphatic rings. The Labute approximate surface area is 283 Å². The zero-order chi connectivity index (χ0) is 33.6. The highest BCUT2D eigenvalue weighted by atomic mass is 16.5. The third-order valence-electron chi connectivity index (χ3n) is 9.26. The molecule has 0 bridgehead atoms. The van der Waals surface area contributed by atoms with E-state index in [1.807, 2.05) is 60.7 Å². The Morgan fingerprint density at radius 3 is 1.73 bits per heavy atom. The predicted octanol–water partition coefficient (Wildman–Crippen LogP) is 8.54. The van der Waals surface area contributed by atoms with E-state index in [0.717, 1.165) is 80.8 Å². The summed E-state index contributed by atoms with van der Waals surface area (Å²) in [6.07, 6.45) is 0. The van der Waals surface area contributed by atoms with Gasteiger partial charge in [0.15, 0.2) is 0 Å². The van der Waals surface area contributed by atoms with E-state index in [1.54, 1.807) is 21.3 Å². The molecule has 6 rings (SSSR count). The number of rotatable bonds is 13. The van der Waals surface area contributed by atoms with Gasteiger partial charge in [-0.15, -0.1) is 0 Å². The Kier molecular flexibility index (Phi) is 10.1. The van der Waals surface area contributed by atoms with Crippen LogP contribution in [0.2, 0.25) is 0 Å². The number of ether oxygens (including phenoxy) is 4. The standard InChI is InChI=1S/C41H44N2O5/c1-6-42(7-2)31-20-21-33-38(22-31)48-39-24-40(47-5)35(23-34(39)41(33)32-17-11-8-16-30(32)27-44)43(25-28-14-9-12-18-36(28)45-3)26-29-15-10-13-19-37(29)46-4/h8-24,41,44H,6-7,25-27H2,1-5H3. The Morgan fingerprint density at radius 1 is 0.583 bits per heavy atom. The molecule has 5 aromatic carbocycles. The van der Waals surface area contributed by atoms with Crippen molar-refractivity contribution in [2.75, 3.05) is 44.2 Å². The van der Waals surface area contributed by atoms with E-state index in [2.05, 4.69) is 66.1 Å². The van der Waals surface area contributed by atoms with Crippen LogP contribution in [0.1, 0.15) is 53.1 Å². The van der Waals surface area contributed by atoms with Crippen LogP contribution in [0.25, 0.3) is 0 Å². The van der Waals surface area contributed by atoms with Crippen molar-refractivity contribution in [3.05, 3.63) is 137 Å². The highest BCUT2D eigenvalue weighted by Gasteiger charge is 2.33. The van der Waals surface area contributed by atoms with Crippen molar-refractivity contribution in [3.8, 4) is 28.7 Å². The van der Waals surface area contributed by atoms with Crippen LogP contribution in [0.5, 0.6) is 28.7 Å². The van der Waals surface area contributed by atoms with Gasteiger partial charge in [-0.3, -0.25) is 0 Å². The molecule has 7 nitrogen and oxygen atoms in total. The topological polar surface area (TPSA) is 63.6 Å². The van der Waals surface area contributed by atoms with Gasteiger partial charge in [0, 0.05) is 72.2 Å². The van der Waals surface area contributed by atoms with Gasteiger partial charge in [0.05, 0.1) is 33.6 Å². The lowest BCUT2D eigenvalue weighted by atomic mass is 9.80. The van der Waals surface area contributed by atoms with E-state index in [-0.39, 0.29) is 12.5 Å². The molecule has 1 N–H and O–H groups in total. The molecule has 0 saturated carbocycles. The minimum absolute atomic E-state index is 0.0630. The largest absolute Gasteiger partial charge is 0.496 e. The molecule has 5 aromatic rings. The molecule has 1 heterocycles. The van der Waals surface area contributed by atoms with Crippen LogP contribution < -0.4 is 28.7 Å². The highest BCUT2D eigenvalue weighted by molar-refractivity contribution is 5.71. The molecular formula is C41H44N2O5. The molecule has 0 spiro atoms. The van der Waals surface area contributed by atoms with Gasteiger partial charge in [-0.2, -0.15) is 0 Å². The first-order valence-corrected chi connectivity index (χ1v) is 16.5. The average Bonchev–Trinajstić information content (AvgIpc) is 3.13. The van der Waals surface area contributed by atoms with Gasteiger partial charge >= 0.3 is 0 Å². The number of anilines is 2. The molecule has 0 saturated heterocycles. The zero-order valence-corrected chi connectivity index (χ0v) is 28.4. The molecule has 1 aliphatic heterocycles. The van der Waals surface area contributed by atoms with Crippen LogP contribution in [0.15, 0.2) is 103 Å². The first kappa shape index (κ1) is 32.8. The van der Waals surface area contributed by atoms with Crippen LogP contribution in [0.4, 0.5) is 11.4 Å². The molecule has 1 unspecified atom stereocenters. The summed E-state index contributed by atoms with van der Waals surface area (Å²) < 4.78 is 24.4. The molecular weight excluding hydrogens is 600 g/mol. The molecule has 0 amide bonds. The number of methoxy groups -OCH3 is 3. The van der Waals surface area contributed by atoms with E-state index >= 15 is 0 Å². The smallest absolute Gasteiger partial charge is 0.145 e. The van der Waals surface area contributed by atoms with Crippen molar-refractivity contribution < 1.29 is 24.1 Å². The van der Waals surface area contributed by atoms with Crippen LogP contribution >= 0.6 is 0 Å². The molecule has 1 atom stereocenters. The quantitative estimate of drug-likeness (QED) is 0.135. The molecule has 248 valence electrons. The van der Waals surface area contributed by atoms with Crippen molar-refractivity contribution in [2.24, 2.45) is 0 Å². The Hall–Kier alpha value is -5.14. The fourth-order valence-electron chi connectivity index (χ4n) is 6.81. The van der Waals surface area contributed by atoms with Crippen LogP contribution in [0, 0.1) is 0 Å². The van der Waals surface area contributed by atoms with E-state index in [1.165, 1.54) is 0 Å². The third kappa shape index (κ3) is 6.38. The van der Waals surface area contributed by atoms with Crippen LogP contribution in [0.3, 0.4) is 0 Å². The van der Waals surface area contributed by atoms with Crippen molar-refractivity contribution in [2.45, 2.75) is 39.5 Å². The maximum Gasteiger partial charge on any atom is 0.145 e. The van der Waals surface area contributed by atoms with Crippen molar-refractivity contribution in [1.29, 1.82) is 0 Å². The molecule has 0 aliphatic carbocycles. The second-order valence-corrected chi connectivity index (χ2v) is 11.8. The molecule has 0 radical (unpaired) electrons. The lowest BCUT2D eigenvalue weighted by Gasteiger charge is -2.34. The number of hydrogen-bond acceptors (Lipinski definition) is 7. The van der Waals surface area contributed by atoms with Gasteiger partial charge in [-0.05, 0) is 49.2 Å². The number of hydrogen-bond donors (Lipinski definition) is 1. The number of para-hydroxylation sites is 2. The number of benzene rings is 5. The predicted molar refractivity (Wildman–Crippen MR) is 192 cm³/mol. The van der Waals surface area contributed by atoms with Gasteiger partial charge in [-0.1, -0.05) is 66.7 Å². The summed E-state index contributed by atoms with van der Waals surface area (Å²) in [5.41, 5.74) is 8.08. The van der Waals surface area contributed by atoms with E-state index in [4.69, 9.17) is 18.9 Å². The first-order chi connectivity index (χ1) is 23.5. The Bertz CT molecular complexity index is 1820. The summed E-state index contributed by atoms with van der Waals surface area (Å²) in [5.74, 6) is 3.68. The maximum absolute atomic E-state index is 10.5. The van der Waals surface area contributed by atoms with E-state index < -0.39 is 0 Å². The number of nitrogens with zero attached hydrogens (tertiary/aromatic N) is 2. The zero-order valence-electron chi connectivity index (χ0n) is 28.4. The van der Waals surface area contributed by atoms with E-state index in [0.29, 0.717) is 18.8 Å². The van der Waals surface area contributed by atoms with Crippen molar-refractivity contribution in [3.63, 3.8) is 0 Å². The summed E-state index contributed by atoms with van der Waals surface area (Å²) in [6.45, 7) is 7.16. The molecule has 48 heavy (non-hydrogen) atoms. The lowest BCUT2D eigenvalue weighted by molar-refractivity contribution is 0.280. The second-order valence-electron chi connectivity index (χ2n) is 11.8. The molecule has 0 aromatic heterocycles. The molecule has 7 heteroatoms. The monoisotopic (exact) mass is 644 g/mol. The van der Waals surface area contributed by atoms with E-state index in [9.17, 15) is 5.11 Å². The molecule has 0 fully saturated rings. The van der Waals surface area contributed by atoms with Gasteiger partial charge in [0.25, 0.3) is 0 Å². The van der Waals surface area contributed by atoms with Gasteiger partial charge in [0.2, 0.25) is 0 Å². The van der Waals surface area contributed by atoms with Crippen LogP contribution in [-0.4, -0.2) is 39.5 Å². The summed E-state index contributed by atoms with van der Waals surface area (Å²) in [6, 6.07) is 35.0. The fraction of sp³-hybridized carbons (Fsp3) is 0.268. The Morgan fingerprint density at radius 2 is 1.15 bits per heavy atom. The fourth-order valence-corrected chi connectivity index (χ4v) is 6.81. The lowest BCUT2D eigenvalue weighted by Crippen LogP contribution is -2.24.